The molecule has 0 aliphatic rings. The summed E-state index contributed by atoms with van der Waals surface area (Å²) in [6, 6.07) is 11.3. The molecule has 0 aromatic carbocycles. The van der Waals surface area contributed by atoms with Gasteiger partial charge in [0.1, 0.15) is 0 Å². The van der Waals surface area contributed by atoms with E-state index in [1.807, 2.05) is 36.4 Å². The number of anilines is 3. The number of hydrogen-bond acceptors (Lipinski definition) is 9. The second-order valence-electron chi connectivity index (χ2n) is 4.91. The van der Waals surface area contributed by atoms with Gasteiger partial charge in [0.2, 0.25) is 0 Å². The molecule has 24 heavy (non-hydrogen) atoms. The van der Waals surface area contributed by atoms with E-state index in [-0.39, 0.29) is 0 Å². The average Bonchev–Trinajstić information content (AvgIpc) is 3.28. The van der Waals surface area contributed by atoms with Crippen molar-refractivity contribution in [2.45, 2.75) is 0 Å². The van der Waals surface area contributed by atoms with E-state index in [1.54, 1.807) is 0 Å². The van der Waals surface area contributed by atoms with Crippen LogP contribution in [0.5, 0.6) is 0 Å². The predicted octanol–water partition coefficient (Wildman–Crippen LogP) is 3.80. The van der Waals surface area contributed by atoms with Crippen LogP contribution in [0, 0.1) is 0 Å². The second kappa shape index (κ2) is 5.86. The van der Waals surface area contributed by atoms with Crippen LogP contribution in [0.1, 0.15) is 0 Å². The normalized spacial score (nSPS) is 11.0. The number of hydrogen-bond donors (Lipinski definition) is 3. The monoisotopic (exact) mass is 372 g/mol. The molecule has 9 heteroatoms. The minimum absolute atomic E-state index is 0.593. The summed E-state index contributed by atoms with van der Waals surface area (Å²) in [5, 5.41) is 2.15. The Morgan fingerprint density at radius 3 is 1.00 bits per heavy atom. The zero-order valence-electron chi connectivity index (χ0n) is 12.3. The third kappa shape index (κ3) is 2.84. The molecule has 4 aromatic rings. The van der Waals surface area contributed by atoms with Crippen molar-refractivity contribution < 1.29 is 0 Å². The van der Waals surface area contributed by atoms with Gasteiger partial charge in [-0.15, -0.1) is 34.0 Å². The van der Waals surface area contributed by atoms with Crippen LogP contribution in [0.25, 0.3) is 32.1 Å². The maximum absolute atomic E-state index is 5.84. The summed E-state index contributed by atoms with van der Waals surface area (Å²) in [5.41, 5.74) is 17.5. The van der Waals surface area contributed by atoms with Gasteiger partial charge in [-0.1, -0.05) is 0 Å². The average molecular weight is 373 g/mol. The van der Waals surface area contributed by atoms with Crippen molar-refractivity contribution >= 4 is 49.0 Å². The van der Waals surface area contributed by atoms with E-state index in [4.69, 9.17) is 17.2 Å². The summed E-state index contributed by atoms with van der Waals surface area (Å²) >= 11 is 4.32. The highest BCUT2D eigenvalue weighted by molar-refractivity contribution is 7.20. The highest BCUT2D eigenvalue weighted by Gasteiger charge is 2.15. The van der Waals surface area contributed by atoms with Gasteiger partial charge in [-0.2, -0.15) is 0 Å². The number of rotatable bonds is 3. The standard InChI is InChI=1S/C15H12N6S3/c16-10-4-1-7(22-10)13-19-14(8-2-5-11(17)23-8)21-15(20-13)9-3-6-12(18)24-9/h1-6H,16-18H2. The first kappa shape index (κ1) is 15.1. The number of nitrogens with two attached hydrogens (primary N) is 3. The van der Waals surface area contributed by atoms with Crippen molar-refractivity contribution in [2.75, 3.05) is 17.2 Å². The molecule has 0 aliphatic carbocycles. The van der Waals surface area contributed by atoms with Crippen LogP contribution >= 0.6 is 34.0 Å². The largest absolute Gasteiger partial charge is 0.391 e. The molecule has 0 spiro atoms. The fraction of sp³-hybridized carbons (Fsp3) is 0. The first-order chi connectivity index (χ1) is 11.6. The molecule has 0 unspecified atom stereocenters. The van der Waals surface area contributed by atoms with E-state index in [2.05, 4.69) is 15.0 Å². The van der Waals surface area contributed by atoms with Gasteiger partial charge in [0.25, 0.3) is 0 Å². The Balaban J connectivity index is 1.90. The zero-order chi connectivity index (χ0) is 16.7. The minimum atomic E-state index is 0.593. The highest BCUT2D eigenvalue weighted by Crippen LogP contribution is 2.34. The smallest absolute Gasteiger partial charge is 0.174 e. The first-order valence-electron chi connectivity index (χ1n) is 6.91. The lowest BCUT2D eigenvalue weighted by Crippen LogP contribution is -1.97. The van der Waals surface area contributed by atoms with Crippen molar-refractivity contribution in [3.8, 4) is 32.1 Å². The molecule has 0 atom stereocenters. The fourth-order valence-electron chi connectivity index (χ4n) is 2.13. The van der Waals surface area contributed by atoms with Gasteiger partial charge in [0, 0.05) is 0 Å². The Kier molecular flexibility index (Phi) is 3.68. The Hall–Kier alpha value is -2.49. The maximum atomic E-state index is 5.84. The predicted molar refractivity (Wildman–Crippen MR) is 103 cm³/mol. The molecule has 0 radical (unpaired) electrons. The lowest BCUT2D eigenvalue weighted by molar-refractivity contribution is 1.09. The summed E-state index contributed by atoms with van der Waals surface area (Å²) in [5.74, 6) is 1.78. The second-order valence-corrected chi connectivity index (χ2v) is 8.26. The van der Waals surface area contributed by atoms with E-state index < -0.39 is 0 Å². The van der Waals surface area contributed by atoms with Gasteiger partial charge < -0.3 is 17.2 Å². The quantitative estimate of drug-likeness (QED) is 0.503. The van der Waals surface area contributed by atoms with E-state index >= 15 is 0 Å². The zero-order valence-corrected chi connectivity index (χ0v) is 14.7. The molecule has 0 aliphatic heterocycles. The Labute approximate surface area is 149 Å². The third-order valence-corrected chi connectivity index (χ3v) is 5.91. The lowest BCUT2D eigenvalue weighted by Gasteiger charge is -2.04. The van der Waals surface area contributed by atoms with Gasteiger partial charge in [0.05, 0.1) is 29.6 Å². The number of nitrogen functional groups attached to an aromatic ring is 3. The van der Waals surface area contributed by atoms with Crippen LogP contribution in [0.4, 0.5) is 15.0 Å². The molecule has 0 saturated heterocycles. The van der Waals surface area contributed by atoms with Crippen molar-refractivity contribution in [2.24, 2.45) is 0 Å². The van der Waals surface area contributed by atoms with Gasteiger partial charge in [0.15, 0.2) is 17.5 Å². The van der Waals surface area contributed by atoms with Gasteiger partial charge in [-0.3, -0.25) is 0 Å². The van der Waals surface area contributed by atoms with Crippen LogP contribution < -0.4 is 17.2 Å². The Morgan fingerprint density at radius 1 is 0.500 bits per heavy atom. The minimum Gasteiger partial charge on any atom is -0.391 e. The molecule has 6 N–H and O–H groups in total. The summed E-state index contributed by atoms with van der Waals surface area (Å²) < 4.78 is 0. The van der Waals surface area contributed by atoms with E-state index in [9.17, 15) is 0 Å². The Morgan fingerprint density at radius 2 is 0.792 bits per heavy atom. The van der Waals surface area contributed by atoms with Crippen molar-refractivity contribution in [3.05, 3.63) is 36.4 Å². The van der Waals surface area contributed by atoms with Crippen molar-refractivity contribution in [3.63, 3.8) is 0 Å². The van der Waals surface area contributed by atoms with Crippen LogP contribution in [0.3, 0.4) is 0 Å². The molecular weight excluding hydrogens is 360 g/mol. The third-order valence-electron chi connectivity index (χ3n) is 3.18. The maximum Gasteiger partial charge on any atom is 0.174 e. The molecule has 0 amide bonds. The van der Waals surface area contributed by atoms with Crippen molar-refractivity contribution in [1.82, 2.24) is 15.0 Å². The van der Waals surface area contributed by atoms with E-state index in [0.29, 0.717) is 32.5 Å². The fourth-order valence-corrected chi connectivity index (χ4v) is 4.25. The van der Waals surface area contributed by atoms with Gasteiger partial charge in [-0.25, -0.2) is 15.0 Å². The molecule has 4 rings (SSSR count). The van der Waals surface area contributed by atoms with Crippen molar-refractivity contribution in [1.29, 1.82) is 0 Å². The SMILES string of the molecule is Nc1ccc(-c2nc(-c3ccc(N)s3)nc(-c3ccc(N)s3)n2)s1. The molecule has 0 bridgehead atoms. The molecule has 0 fully saturated rings. The van der Waals surface area contributed by atoms with Crippen LogP contribution in [0.15, 0.2) is 36.4 Å². The molecule has 4 heterocycles. The summed E-state index contributed by atoms with van der Waals surface area (Å²) in [7, 11) is 0. The number of thiophene rings is 3. The van der Waals surface area contributed by atoms with Gasteiger partial charge in [-0.05, 0) is 36.4 Å². The van der Waals surface area contributed by atoms with Crippen LogP contribution in [0.2, 0.25) is 0 Å². The van der Waals surface area contributed by atoms with Crippen LogP contribution in [-0.4, -0.2) is 15.0 Å². The summed E-state index contributed by atoms with van der Waals surface area (Å²) in [4.78, 5) is 16.5. The molecule has 6 nitrogen and oxygen atoms in total. The number of aromatic nitrogens is 3. The lowest BCUT2D eigenvalue weighted by atomic mass is 10.3. The Bertz CT molecular complexity index is 874. The number of nitrogens with zero attached hydrogens (tertiary/aromatic N) is 3. The summed E-state index contributed by atoms with van der Waals surface area (Å²) in [6.07, 6.45) is 0. The highest BCUT2D eigenvalue weighted by atomic mass is 32.1. The molecule has 120 valence electrons. The first-order valence-corrected chi connectivity index (χ1v) is 9.36. The summed E-state index contributed by atoms with van der Waals surface area (Å²) in [6.45, 7) is 0. The van der Waals surface area contributed by atoms with Gasteiger partial charge >= 0.3 is 0 Å². The topological polar surface area (TPSA) is 117 Å². The molecule has 4 aromatic heterocycles. The molecule has 0 saturated carbocycles. The van der Waals surface area contributed by atoms with E-state index in [0.717, 1.165) is 14.6 Å². The van der Waals surface area contributed by atoms with E-state index in [1.165, 1.54) is 34.0 Å². The van der Waals surface area contributed by atoms with Crippen LogP contribution in [-0.2, 0) is 0 Å². The molecular formula is C15H12N6S3.